The molecule has 0 radical (unpaired) electrons. The molecule has 6 heteroatoms. The van der Waals surface area contributed by atoms with Gasteiger partial charge in [0.15, 0.2) is 0 Å². The van der Waals surface area contributed by atoms with Crippen molar-refractivity contribution in [2.24, 2.45) is 0 Å². The number of fused-ring (bicyclic) bond motifs is 1. The summed E-state index contributed by atoms with van der Waals surface area (Å²) in [7, 11) is 0. The number of nitrogens with zero attached hydrogens (tertiary/aromatic N) is 4. The van der Waals surface area contributed by atoms with E-state index in [9.17, 15) is 0 Å². The molecule has 0 bridgehead atoms. The maximum atomic E-state index is 9.13. The summed E-state index contributed by atoms with van der Waals surface area (Å²) in [4.78, 5) is 7.35. The molecule has 0 saturated carbocycles. The topological polar surface area (TPSA) is 44.9 Å². The van der Waals surface area contributed by atoms with Gasteiger partial charge in [0.05, 0.1) is 29.2 Å². The van der Waals surface area contributed by atoms with Crippen LogP contribution in [0.5, 0.6) is 0 Å². The largest absolute Gasteiger partial charge is 0.322 e. The Balaban J connectivity index is 0.00000121. The molecule has 1 aliphatic heterocycles. The first-order valence-corrected chi connectivity index (χ1v) is 8.49. The van der Waals surface area contributed by atoms with E-state index in [0.717, 1.165) is 48.6 Å². The second kappa shape index (κ2) is 9.05. The molecule has 1 fully saturated rings. The van der Waals surface area contributed by atoms with Gasteiger partial charge in [-0.05, 0) is 55.8 Å². The maximum Gasteiger partial charge on any atom is 0.124 e. The van der Waals surface area contributed by atoms with Crippen molar-refractivity contribution in [3.05, 3.63) is 65.5 Å². The molecule has 3 aromatic rings. The first-order chi connectivity index (χ1) is 11.8. The second-order valence-corrected chi connectivity index (χ2v) is 6.40. The predicted molar refractivity (Wildman–Crippen MR) is 109 cm³/mol. The molecule has 0 atom stereocenters. The Morgan fingerprint density at radius 1 is 0.962 bits per heavy atom. The van der Waals surface area contributed by atoms with Crippen LogP contribution in [0.1, 0.15) is 29.8 Å². The number of hydrogen-bond acceptors (Lipinski definition) is 3. The third-order valence-corrected chi connectivity index (χ3v) is 4.69. The highest BCUT2D eigenvalue weighted by atomic mass is 35.5. The number of hydrogen-bond donors (Lipinski definition) is 0. The molecule has 2 aromatic carbocycles. The average Bonchev–Trinajstić information content (AvgIpc) is 3.24. The molecule has 4 rings (SSSR count). The standard InChI is InChI=1S/C20H20N4.2ClH/c21-13-16-6-5-7-17(12-16)14-24-19-9-2-1-8-18(19)22-20(24)15-23-10-3-4-11-23;;/h1-2,5-9,12H,3-4,10-11,14-15H2;2*1H. The number of benzene rings is 2. The molecule has 0 amide bonds. The number of rotatable bonds is 4. The number of aromatic nitrogens is 2. The van der Waals surface area contributed by atoms with E-state index < -0.39 is 0 Å². The Morgan fingerprint density at radius 3 is 2.50 bits per heavy atom. The van der Waals surface area contributed by atoms with Crippen molar-refractivity contribution >= 4 is 35.8 Å². The van der Waals surface area contributed by atoms with Crippen LogP contribution in [0.2, 0.25) is 0 Å². The molecule has 4 nitrogen and oxygen atoms in total. The lowest BCUT2D eigenvalue weighted by Crippen LogP contribution is -2.21. The van der Waals surface area contributed by atoms with Crippen molar-refractivity contribution in [2.45, 2.75) is 25.9 Å². The highest BCUT2D eigenvalue weighted by molar-refractivity contribution is 5.85. The van der Waals surface area contributed by atoms with Crippen molar-refractivity contribution in [2.75, 3.05) is 13.1 Å². The SMILES string of the molecule is Cl.Cl.N#Cc1cccc(Cn2c(CN3CCCC3)nc3ccccc32)c1. The van der Waals surface area contributed by atoms with Crippen LogP contribution >= 0.6 is 24.8 Å². The molecule has 26 heavy (non-hydrogen) atoms. The fourth-order valence-corrected chi connectivity index (χ4v) is 3.49. The van der Waals surface area contributed by atoms with E-state index in [4.69, 9.17) is 10.2 Å². The number of halogens is 2. The fourth-order valence-electron chi connectivity index (χ4n) is 3.49. The van der Waals surface area contributed by atoms with Crippen LogP contribution in [0.15, 0.2) is 48.5 Å². The van der Waals surface area contributed by atoms with E-state index in [0.29, 0.717) is 5.56 Å². The molecule has 2 heterocycles. The number of imidazole rings is 1. The highest BCUT2D eigenvalue weighted by Crippen LogP contribution is 2.21. The number of nitriles is 1. The van der Waals surface area contributed by atoms with E-state index >= 15 is 0 Å². The Kier molecular flexibility index (Phi) is 7.05. The van der Waals surface area contributed by atoms with Crippen LogP contribution < -0.4 is 0 Å². The average molecular weight is 389 g/mol. The van der Waals surface area contributed by atoms with Crippen molar-refractivity contribution in [1.29, 1.82) is 5.26 Å². The first-order valence-electron chi connectivity index (χ1n) is 8.49. The molecular formula is C20H22Cl2N4. The summed E-state index contributed by atoms with van der Waals surface area (Å²) in [6, 6.07) is 18.4. The van der Waals surface area contributed by atoms with Gasteiger partial charge in [-0.3, -0.25) is 4.90 Å². The molecule has 1 saturated heterocycles. The molecule has 0 unspecified atom stereocenters. The van der Waals surface area contributed by atoms with Crippen LogP contribution in [0, 0.1) is 11.3 Å². The summed E-state index contributed by atoms with van der Waals surface area (Å²) in [5.74, 6) is 1.11. The minimum atomic E-state index is 0. The van der Waals surface area contributed by atoms with E-state index in [1.165, 1.54) is 12.8 Å². The van der Waals surface area contributed by atoms with Crippen LogP contribution in [0.3, 0.4) is 0 Å². The zero-order valence-corrected chi connectivity index (χ0v) is 16.1. The fraction of sp³-hybridized carbons (Fsp3) is 0.300. The van der Waals surface area contributed by atoms with Gasteiger partial charge < -0.3 is 4.57 Å². The van der Waals surface area contributed by atoms with Gasteiger partial charge in [-0.1, -0.05) is 24.3 Å². The lowest BCUT2D eigenvalue weighted by Gasteiger charge is -2.16. The van der Waals surface area contributed by atoms with Crippen molar-refractivity contribution in [3.8, 4) is 6.07 Å². The second-order valence-electron chi connectivity index (χ2n) is 6.40. The summed E-state index contributed by atoms with van der Waals surface area (Å²) >= 11 is 0. The van der Waals surface area contributed by atoms with Gasteiger partial charge in [-0.25, -0.2) is 4.98 Å². The summed E-state index contributed by atoms with van der Waals surface area (Å²) in [6.45, 7) is 3.96. The third-order valence-electron chi connectivity index (χ3n) is 4.69. The predicted octanol–water partition coefficient (Wildman–Crippen LogP) is 4.40. The number of likely N-dealkylation sites (tertiary alicyclic amines) is 1. The zero-order valence-electron chi connectivity index (χ0n) is 14.5. The molecule has 0 spiro atoms. The lowest BCUT2D eigenvalue weighted by atomic mass is 10.1. The minimum absolute atomic E-state index is 0. The molecule has 136 valence electrons. The van der Waals surface area contributed by atoms with Gasteiger partial charge in [0.2, 0.25) is 0 Å². The normalized spacial score (nSPS) is 13.8. The van der Waals surface area contributed by atoms with Crippen molar-refractivity contribution < 1.29 is 0 Å². The summed E-state index contributed by atoms with van der Waals surface area (Å²) in [5.41, 5.74) is 4.05. The van der Waals surface area contributed by atoms with Crippen LogP contribution in [-0.2, 0) is 13.1 Å². The van der Waals surface area contributed by atoms with E-state index in [1.807, 2.05) is 24.3 Å². The smallest absolute Gasteiger partial charge is 0.124 e. The molecule has 0 aliphatic carbocycles. The Labute approximate surface area is 166 Å². The van der Waals surface area contributed by atoms with Gasteiger partial charge in [-0.15, -0.1) is 24.8 Å². The van der Waals surface area contributed by atoms with E-state index in [1.54, 1.807) is 0 Å². The molecule has 1 aliphatic rings. The van der Waals surface area contributed by atoms with Crippen molar-refractivity contribution in [1.82, 2.24) is 14.5 Å². The zero-order chi connectivity index (χ0) is 16.4. The Morgan fingerprint density at radius 2 is 1.73 bits per heavy atom. The molecule has 0 N–H and O–H groups in total. The summed E-state index contributed by atoms with van der Waals surface area (Å²) < 4.78 is 2.30. The lowest BCUT2D eigenvalue weighted by molar-refractivity contribution is 0.318. The number of para-hydroxylation sites is 2. The highest BCUT2D eigenvalue weighted by Gasteiger charge is 2.17. The first kappa shape index (κ1) is 20.3. The molecule has 1 aromatic heterocycles. The van der Waals surface area contributed by atoms with Crippen molar-refractivity contribution in [3.63, 3.8) is 0 Å². The van der Waals surface area contributed by atoms with Crippen LogP contribution in [-0.4, -0.2) is 27.5 Å². The van der Waals surface area contributed by atoms with Crippen LogP contribution in [0.4, 0.5) is 0 Å². The quantitative estimate of drug-likeness (QED) is 0.665. The van der Waals surface area contributed by atoms with Gasteiger partial charge in [0.1, 0.15) is 5.82 Å². The van der Waals surface area contributed by atoms with Gasteiger partial charge >= 0.3 is 0 Å². The molecular weight excluding hydrogens is 367 g/mol. The maximum absolute atomic E-state index is 9.13. The Bertz CT molecular complexity index is 908. The van der Waals surface area contributed by atoms with Gasteiger partial charge in [0, 0.05) is 6.54 Å². The minimum Gasteiger partial charge on any atom is -0.322 e. The van der Waals surface area contributed by atoms with Gasteiger partial charge in [0.25, 0.3) is 0 Å². The monoisotopic (exact) mass is 388 g/mol. The van der Waals surface area contributed by atoms with E-state index in [-0.39, 0.29) is 24.8 Å². The summed E-state index contributed by atoms with van der Waals surface area (Å²) in [5, 5.41) is 9.13. The van der Waals surface area contributed by atoms with Crippen LogP contribution in [0.25, 0.3) is 11.0 Å². The third kappa shape index (κ3) is 4.19. The van der Waals surface area contributed by atoms with E-state index in [2.05, 4.69) is 39.8 Å². The van der Waals surface area contributed by atoms with Gasteiger partial charge in [-0.2, -0.15) is 5.26 Å². The summed E-state index contributed by atoms with van der Waals surface area (Å²) in [6.07, 6.45) is 2.56. The Hall–Kier alpha value is -2.06.